The highest BCUT2D eigenvalue weighted by molar-refractivity contribution is 5.93. The predicted octanol–water partition coefficient (Wildman–Crippen LogP) is 3.64. The molecule has 3 heterocycles. The second kappa shape index (κ2) is 8.63. The molecule has 0 aliphatic carbocycles. The number of nitrogens with zero attached hydrogens (tertiary/aromatic N) is 4. The fraction of sp³-hybridized carbons (Fsp3) is 0.292. The molecule has 30 heavy (non-hydrogen) atoms. The van der Waals surface area contributed by atoms with Crippen molar-refractivity contribution in [2.45, 2.75) is 25.9 Å². The minimum Gasteiger partial charge on any atom is -0.377 e. The molecular formula is C24H26N4O2. The fourth-order valence-corrected chi connectivity index (χ4v) is 3.66. The van der Waals surface area contributed by atoms with Gasteiger partial charge in [0.15, 0.2) is 0 Å². The number of hydrogen-bond acceptors (Lipinski definition) is 4. The molecule has 3 aromatic rings. The van der Waals surface area contributed by atoms with E-state index < -0.39 is 0 Å². The van der Waals surface area contributed by atoms with Gasteiger partial charge in [-0.25, -0.2) is 0 Å². The van der Waals surface area contributed by atoms with E-state index in [1.54, 1.807) is 18.5 Å². The van der Waals surface area contributed by atoms with Crippen LogP contribution in [0.15, 0.2) is 67.1 Å². The van der Waals surface area contributed by atoms with Crippen molar-refractivity contribution in [1.29, 1.82) is 0 Å². The molecule has 0 bridgehead atoms. The van der Waals surface area contributed by atoms with Gasteiger partial charge in [-0.1, -0.05) is 30.3 Å². The number of morpholine rings is 1. The fourth-order valence-electron chi connectivity index (χ4n) is 3.66. The van der Waals surface area contributed by atoms with Crippen LogP contribution in [-0.4, -0.2) is 50.9 Å². The van der Waals surface area contributed by atoms with Gasteiger partial charge in [0.1, 0.15) is 5.69 Å². The molecule has 1 aliphatic rings. The zero-order chi connectivity index (χ0) is 21.0. The van der Waals surface area contributed by atoms with Gasteiger partial charge in [-0.2, -0.15) is 5.10 Å². The second-order valence-corrected chi connectivity index (χ2v) is 8.05. The van der Waals surface area contributed by atoms with E-state index in [0.717, 1.165) is 16.8 Å². The van der Waals surface area contributed by atoms with Crippen molar-refractivity contribution in [2.75, 3.05) is 19.8 Å². The average molecular weight is 402 g/mol. The van der Waals surface area contributed by atoms with Crippen LogP contribution in [0.25, 0.3) is 17.3 Å². The summed E-state index contributed by atoms with van der Waals surface area (Å²) >= 11 is 0. The van der Waals surface area contributed by atoms with Crippen LogP contribution in [0.5, 0.6) is 0 Å². The second-order valence-electron chi connectivity index (χ2n) is 8.05. The Morgan fingerprint density at radius 1 is 1.20 bits per heavy atom. The Morgan fingerprint density at radius 3 is 2.77 bits per heavy atom. The summed E-state index contributed by atoms with van der Waals surface area (Å²) in [5.41, 5.74) is 3.47. The quantitative estimate of drug-likeness (QED) is 0.612. The summed E-state index contributed by atoms with van der Waals surface area (Å²) < 4.78 is 7.43. The first-order valence-electron chi connectivity index (χ1n) is 10.1. The molecule has 0 spiro atoms. The largest absolute Gasteiger partial charge is 0.377 e. The van der Waals surface area contributed by atoms with Gasteiger partial charge >= 0.3 is 0 Å². The summed E-state index contributed by atoms with van der Waals surface area (Å²) in [4.78, 5) is 19.0. The molecule has 6 nitrogen and oxygen atoms in total. The van der Waals surface area contributed by atoms with Crippen molar-refractivity contribution in [3.8, 4) is 11.3 Å². The molecule has 2 aromatic heterocycles. The van der Waals surface area contributed by atoms with Crippen LogP contribution < -0.4 is 0 Å². The Labute approximate surface area is 176 Å². The summed E-state index contributed by atoms with van der Waals surface area (Å²) in [7, 11) is 0. The number of rotatable bonds is 5. The first-order valence-corrected chi connectivity index (χ1v) is 10.1. The zero-order valence-corrected chi connectivity index (χ0v) is 17.4. The molecule has 1 saturated heterocycles. The molecule has 0 unspecified atom stereocenters. The lowest BCUT2D eigenvalue weighted by atomic mass is 10.0. The molecule has 154 valence electrons. The van der Waals surface area contributed by atoms with Gasteiger partial charge in [0, 0.05) is 42.3 Å². The van der Waals surface area contributed by atoms with Gasteiger partial charge in [0.05, 0.1) is 25.3 Å². The van der Waals surface area contributed by atoms with Gasteiger partial charge in [0.2, 0.25) is 5.91 Å². The van der Waals surface area contributed by atoms with Crippen molar-refractivity contribution in [3.05, 3.63) is 78.3 Å². The average Bonchev–Trinajstić information content (AvgIpc) is 3.15. The van der Waals surface area contributed by atoms with Crippen molar-refractivity contribution < 1.29 is 9.53 Å². The van der Waals surface area contributed by atoms with Gasteiger partial charge in [-0.05, 0) is 37.6 Å². The third-order valence-corrected chi connectivity index (χ3v) is 5.23. The number of carbonyl (C=O) groups excluding carboxylic acids is 1. The van der Waals surface area contributed by atoms with Crippen molar-refractivity contribution >= 4 is 12.0 Å². The monoisotopic (exact) mass is 402 g/mol. The summed E-state index contributed by atoms with van der Waals surface area (Å²) in [5, 5.41) is 4.78. The molecule has 0 radical (unpaired) electrons. The van der Waals surface area contributed by atoms with Crippen LogP contribution >= 0.6 is 0 Å². The third kappa shape index (κ3) is 4.49. The Morgan fingerprint density at radius 2 is 2.03 bits per heavy atom. The highest BCUT2D eigenvalue weighted by Gasteiger charge is 2.32. The van der Waals surface area contributed by atoms with Crippen molar-refractivity contribution in [3.63, 3.8) is 0 Å². The van der Waals surface area contributed by atoms with Crippen LogP contribution in [0.3, 0.4) is 0 Å². The minimum atomic E-state index is -0.316. The maximum atomic E-state index is 12.9. The predicted molar refractivity (Wildman–Crippen MR) is 117 cm³/mol. The molecule has 6 heteroatoms. The summed E-state index contributed by atoms with van der Waals surface area (Å²) in [6.45, 7) is 6.42. The number of ether oxygens (including phenoxy) is 1. The number of pyridine rings is 1. The lowest BCUT2D eigenvalue weighted by molar-refractivity contribution is -0.140. The van der Waals surface area contributed by atoms with Crippen LogP contribution in [0.1, 0.15) is 25.0 Å². The highest BCUT2D eigenvalue weighted by atomic mass is 16.5. The van der Waals surface area contributed by atoms with E-state index >= 15 is 0 Å². The molecule has 0 atom stereocenters. The van der Waals surface area contributed by atoms with E-state index in [1.165, 1.54) is 5.56 Å². The third-order valence-electron chi connectivity index (χ3n) is 5.23. The van der Waals surface area contributed by atoms with Gasteiger partial charge in [-0.15, -0.1) is 0 Å². The first-order chi connectivity index (χ1) is 14.5. The van der Waals surface area contributed by atoms with Crippen LogP contribution in [0.4, 0.5) is 0 Å². The van der Waals surface area contributed by atoms with E-state index in [9.17, 15) is 4.79 Å². The van der Waals surface area contributed by atoms with Gasteiger partial charge in [-0.3, -0.25) is 14.5 Å². The Balaban J connectivity index is 1.62. The molecule has 1 aromatic carbocycles. The summed E-state index contributed by atoms with van der Waals surface area (Å²) in [6.07, 6.45) is 8.99. The highest BCUT2D eigenvalue weighted by Crippen LogP contribution is 2.24. The zero-order valence-electron chi connectivity index (χ0n) is 17.4. The van der Waals surface area contributed by atoms with Gasteiger partial charge in [0.25, 0.3) is 0 Å². The Hall–Kier alpha value is -3.25. The molecule has 1 aliphatic heterocycles. The number of hydrogen-bond donors (Lipinski definition) is 0. The first kappa shape index (κ1) is 20.0. The summed E-state index contributed by atoms with van der Waals surface area (Å²) in [6, 6.07) is 14.1. The van der Waals surface area contributed by atoms with E-state index in [0.29, 0.717) is 26.3 Å². The SMILES string of the molecule is CC1(C)COCCN1C(=O)/C=C/c1cn(Cc2ccccc2)nc1-c1cccnc1. The number of carbonyl (C=O) groups is 1. The Kier molecular flexibility index (Phi) is 5.77. The van der Waals surface area contributed by atoms with Crippen molar-refractivity contribution in [2.24, 2.45) is 0 Å². The minimum absolute atomic E-state index is 0.0174. The molecular weight excluding hydrogens is 376 g/mol. The van der Waals surface area contributed by atoms with Gasteiger partial charge < -0.3 is 9.64 Å². The Bertz CT molecular complexity index is 1030. The maximum Gasteiger partial charge on any atom is 0.247 e. The summed E-state index contributed by atoms with van der Waals surface area (Å²) in [5.74, 6) is -0.0174. The lowest BCUT2D eigenvalue weighted by Gasteiger charge is -2.41. The molecule has 4 rings (SSSR count). The number of amides is 1. The van der Waals surface area contributed by atoms with Crippen LogP contribution in [-0.2, 0) is 16.1 Å². The van der Waals surface area contributed by atoms with Crippen LogP contribution in [0.2, 0.25) is 0 Å². The maximum absolute atomic E-state index is 12.9. The van der Waals surface area contributed by atoms with E-state index in [4.69, 9.17) is 9.84 Å². The lowest BCUT2D eigenvalue weighted by Crippen LogP contribution is -2.55. The van der Waals surface area contributed by atoms with E-state index in [1.807, 2.05) is 66.0 Å². The number of benzene rings is 1. The number of aromatic nitrogens is 3. The molecule has 0 N–H and O–H groups in total. The smallest absolute Gasteiger partial charge is 0.247 e. The van der Waals surface area contributed by atoms with E-state index in [2.05, 4.69) is 17.1 Å². The molecule has 1 amide bonds. The molecule has 0 saturated carbocycles. The van der Waals surface area contributed by atoms with Crippen molar-refractivity contribution in [1.82, 2.24) is 19.7 Å². The van der Waals surface area contributed by atoms with E-state index in [-0.39, 0.29) is 11.4 Å². The van der Waals surface area contributed by atoms with Crippen LogP contribution in [0, 0.1) is 0 Å². The molecule has 1 fully saturated rings. The standard InChI is InChI=1S/C24H26N4O2/c1-24(2)18-30-14-13-28(24)22(29)11-10-21-17-27(16-19-7-4-3-5-8-19)26-23(21)20-9-6-12-25-15-20/h3-12,15,17H,13-14,16,18H2,1-2H3/b11-10+. The topological polar surface area (TPSA) is 60.2 Å². The normalized spacial score (nSPS) is 16.1.